The van der Waals surface area contributed by atoms with Gasteiger partial charge in [0.15, 0.2) is 11.6 Å². The monoisotopic (exact) mass is 531 g/mol. The first kappa shape index (κ1) is 26.0. The van der Waals surface area contributed by atoms with E-state index >= 15 is 0 Å². The maximum atomic E-state index is 13.9. The minimum absolute atomic E-state index is 0.0524. The molecule has 0 saturated carbocycles. The Labute approximate surface area is 211 Å². The molecule has 36 heavy (non-hydrogen) atoms. The van der Waals surface area contributed by atoms with E-state index in [2.05, 4.69) is 28.3 Å². The van der Waals surface area contributed by atoms with Gasteiger partial charge in [0.25, 0.3) is 10.0 Å². The summed E-state index contributed by atoms with van der Waals surface area (Å²) in [4.78, 5) is 27.2. The molecule has 2 aliphatic rings. The van der Waals surface area contributed by atoms with Crippen LogP contribution in [0.3, 0.4) is 0 Å². The topological polar surface area (TPSA) is 139 Å². The van der Waals surface area contributed by atoms with Crippen LogP contribution in [0.2, 0.25) is 0 Å². The summed E-state index contributed by atoms with van der Waals surface area (Å²) in [6.07, 6.45) is 3.18. The van der Waals surface area contributed by atoms with Crippen LogP contribution in [0.25, 0.3) is 0 Å². The van der Waals surface area contributed by atoms with E-state index in [-0.39, 0.29) is 22.1 Å². The number of benzene rings is 2. The van der Waals surface area contributed by atoms with Crippen LogP contribution in [0.4, 0.5) is 11.4 Å². The molecule has 2 N–H and O–H groups in total. The Hall–Kier alpha value is -3.05. The number of amidine groups is 1. The third-order valence-corrected chi connectivity index (χ3v) is 8.94. The van der Waals surface area contributed by atoms with E-state index in [0.717, 1.165) is 25.2 Å². The van der Waals surface area contributed by atoms with Crippen LogP contribution in [0.1, 0.15) is 56.0 Å². The second-order valence-corrected chi connectivity index (χ2v) is 13.1. The van der Waals surface area contributed by atoms with E-state index in [1.807, 2.05) is 6.92 Å². The van der Waals surface area contributed by atoms with Crippen molar-refractivity contribution in [1.29, 1.82) is 0 Å². The molecule has 1 heterocycles. The third-order valence-electron chi connectivity index (χ3n) is 7.01. The first-order valence-electron chi connectivity index (χ1n) is 11.7. The SMILES string of the molecule is CC[C@H](C)CCC1(C)C(=O)C(C2=NS(=O)(=O)c3cc(NS(C)(=O)=O)ccc3N2)C(=O)c2ccccc21. The van der Waals surface area contributed by atoms with Gasteiger partial charge in [-0.15, -0.1) is 4.40 Å². The summed E-state index contributed by atoms with van der Waals surface area (Å²) in [6.45, 7) is 6.00. The van der Waals surface area contributed by atoms with Gasteiger partial charge in [-0.3, -0.25) is 14.3 Å². The molecule has 2 unspecified atom stereocenters. The van der Waals surface area contributed by atoms with Crippen molar-refractivity contribution in [2.24, 2.45) is 16.2 Å². The number of ketones is 2. The van der Waals surface area contributed by atoms with Gasteiger partial charge < -0.3 is 5.32 Å². The van der Waals surface area contributed by atoms with Crippen LogP contribution in [0, 0.1) is 11.8 Å². The highest BCUT2D eigenvalue weighted by molar-refractivity contribution is 7.92. The average Bonchev–Trinajstić information content (AvgIpc) is 2.80. The number of nitrogens with one attached hydrogen (secondary N) is 2. The second kappa shape index (κ2) is 9.11. The molecule has 0 saturated heterocycles. The van der Waals surface area contributed by atoms with Gasteiger partial charge in [-0.25, -0.2) is 8.42 Å². The predicted octanol–water partition coefficient (Wildman–Crippen LogP) is 3.74. The normalized spacial score (nSPS) is 23.7. The number of fused-ring (bicyclic) bond motifs is 2. The summed E-state index contributed by atoms with van der Waals surface area (Å²) < 4.78 is 55.4. The van der Waals surface area contributed by atoms with Crippen molar-refractivity contribution in [3.8, 4) is 0 Å². The number of rotatable bonds is 7. The van der Waals surface area contributed by atoms with E-state index in [4.69, 9.17) is 0 Å². The molecule has 9 nitrogen and oxygen atoms in total. The van der Waals surface area contributed by atoms with Gasteiger partial charge in [-0.05, 0) is 49.4 Å². The Balaban J connectivity index is 1.78. The van der Waals surface area contributed by atoms with Gasteiger partial charge >= 0.3 is 0 Å². The van der Waals surface area contributed by atoms with E-state index in [0.29, 0.717) is 23.5 Å². The number of sulfonamides is 2. The van der Waals surface area contributed by atoms with Crippen LogP contribution < -0.4 is 10.0 Å². The smallest absolute Gasteiger partial charge is 0.286 e. The number of anilines is 2. The minimum atomic E-state index is -4.32. The zero-order valence-electron chi connectivity index (χ0n) is 20.5. The number of carbonyl (C=O) groups is 2. The average molecular weight is 532 g/mol. The molecule has 0 amide bonds. The first-order chi connectivity index (χ1) is 16.8. The predicted molar refractivity (Wildman–Crippen MR) is 138 cm³/mol. The van der Waals surface area contributed by atoms with E-state index in [1.54, 1.807) is 24.3 Å². The number of Topliss-reactive ketones (excluding diaryl/α,β-unsaturated/α-hetero) is 2. The second-order valence-electron chi connectivity index (χ2n) is 9.75. The fourth-order valence-electron chi connectivity index (χ4n) is 4.73. The fraction of sp³-hybridized carbons (Fsp3) is 0.400. The standard InChI is InChI=1S/C25H29N3O6S2/c1-5-15(2)12-13-25(3)18-9-7-6-8-17(18)22(29)21(23(25)30)24-26-19-11-10-16(27-35(4,31)32)14-20(19)36(33,34)28-24/h6-11,14-15,21,27H,5,12-13H2,1-4H3,(H,26,28)/t15-,21?,25?/m0/s1. The Morgan fingerprint density at radius 3 is 2.53 bits per heavy atom. The van der Waals surface area contributed by atoms with E-state index < -0.39 is 42.9 Å². The largest absolute Gasteiger partial charge is 0.341 e. The summed E-state index contributed by atoms with van der Waals surface area (Å²) in [7, 11) is -7.95. The molecule has 1 aliphatic carbocycles. The molecule has 0 spiro atoms. The molecule has 2 aromatic rings. The fourth-order valence-corrected chi connectivity index (χ4v) is 6.47. The summed E-state index contributed by atoms with van der Waals surface area (Å²) in [5.74, 6) is -2.17. The molecule has 192 valence electrons. The Bertz CT molecular complexity index is 1500. The lowest BCUT2D eigenvalue weighted by atomic mass is 9.63. The van der Waals surface area contributed by atoms with Gasteiger partial charge in [0, 0.05) is 11.3 Å². The highest BCUT2D eigenvalue weighted by atomic mass is 32.2. The lowest BCUT2D eigenvalue weighted by molar-refractivity contribution is -0.125. The van der Waals surface area contributed by atoms with E-state index in [1.165, 1.54) is 12.1 Å². The molecular formula is C25H29N3O6S2. The van der Waals surface area contributed by atoms with Crippen LogP contribution >= 0.6 is 0 Å². The zero-order chi connectivity index (χ0) is 26.5. The molecule has 0 aromatic heterocycles. The van der Waals surface area contributed by atoms with Gasteiger partial charge in [0.2, 0.25) is 10.0 Å². The molecule has 0 fully saturated rings. The van der Waals surface area contributed by atoms with Crippen LogP contribution in [-0.4, -0.2) is 40.5 Å². The maximum absolute atomic E-state index is 13.9. The summed E-state index contributed by atoms with van der Waals surface area (Å²) in [5.41, 5.74) is 0.206. The Morgan fingerprint density at radius 1 is 1.17 bits per heavy atom. The third kappa shape index (κ3) is 4.69. The van der Waals surface area contributed by atoms with Crippen molar-refractivity contribution in [2.45, 2.75) is 50.3 Å². The first-order valence-corrected chi connectivity index (χ1v) is 15.0. The molecule has 2 aromatic carbocycles. The van der Waals surface area contributed by atoms with Crippen LogP contribution in [-0.2, 0) is 30.3 Å². The number of hydrogen-bond donors (Lipinski definition) is 2. The minimum Gasteiger partial charge on any atom is -0.341 e. The number of hydrogen-bond acceptors (Lipinski definition) is 7. The Morgan fingerprint density at radius 2 is 1.86 bits per heavy atom. The van der Waals surface area contributed by atoms with Crippen molar-refractivity contribution in [2.75, 3.05) is 16.3 Å². The molecule has 4 rings (SSSR count). The van der Waals surface area contributed by atoms with Gasteiger partial charge in [-0.2, -0.15) is 8.42 Å². The van der Waals surface area contributed by atoms with Crippen LogP contribution in [0.5, 0.6) is 0 Å². The lowest BCUT2D eigenvalue weighted by Gasteiger charge is -2.39. The summed E-state index contributed by atoms with van der Waals surface area (Å²) in [5, 5.41) is 2.87. The summed E-state index contributed by atoms with van der Waals surface area (Å²) in [6, 6.07) is 10.9. The maximum Gasteiger partial charge on any atom is 0.286 e. The molecular weight excluding hydrogens is 502 g/mol. The van der Waals surface area contributed by atoms with E-state index in [9.17, 15) is 26.4 Å². The molecule has 0 radical (unpaired) electrons. The van der Waals surface area contributed by atoms with Crippen molar-refractivity contribution >= 4 is 48.8 Å². The Kier molecular flexibility index (Phi) is 6.59. The zero-order valence-corrected chi connectivity index (χ0v) is 22.2. The number of nitrogens with zero attached hydrogens (tertiary/aromatic N) is 1. The molecule has 0 bridgehead atoms. The molecule has 1 aliphatic heterocycles. The van der Waals surface area contributed by atoms with Gasteiger partial charge in [0.05, 0.1) is 17.4 Å². The lowest BCUT2D eigenvalue weighted by Crippen LogP contribution is -2.51. The highest BCUT2D eigenvalue weighted by Crippen LogP contribution is 2.43. The van der Waals surface area contributed by atoms with Crippen molar-refractivity contribution in [3.05, 3.63) is 53.6 Å². The summed E-state index contributed by atoms with van der Waals surface area (Å²) >= 11 is 0. The molecule has 3 atom stereocenters. The number of carbonyl (C=O) groups excluding carboxylic acids is 2. The van der Waals surface area contributed by atoms with Gasteiger partial charge in [-0.1, -0.05) is 44.5 Å². The van der Waals surface area contributed by atoms with Crippen molar-refractivity contribution < 1.29 is 26.4 Å². The van der Waals surface area contributed by atoms with Crippen molar-refractivity contribution in [3.63, 3.8) is 0 Å². The van der Waals surface area contributed by atoms with Crippen LogP contribution in [0.15, 0.2) is 51.8 Å². The molecule has 11 heteroatoms. The quantitative estimate of drug-likeness (QED) is 0.519. The van der Waals surface area contributed by atoms with Crippen molar-refractivity contribution in [1.82, 2.24) is 0 Å². The highest BCUT2D eigenvalue weighted by Gasteiger charge is 2.51. The van der Waals surface area contributed by atoms with Gasteiger partial charge in [0.1, 0.15) is 16.6 Å².